The van der Waals surface area contributed by atoms with Crippen LogP contribution in [0.4, 0.5) is 0 Å². The van der Waals surface area contributed by atoms with E-state index in [1.165, 1.54) is 5.57 Å². The average molecular weight is 120 g/mol. The Labute approximate surface area is 46.6 Å². The molecule has 0 radical (unpaired) electrons. The third kappa shape index (κ3) is 2.74. The summed E-state index contributed by atoms with van der Waals surface area (Å²) in [5.41, 5.74) is 1.25. The fourth-order valence-corrected chi connectivity index (χ4v) is 0. The quantitative estimate of drug-likeness (QED) is 0.367. The largest absolute Gasteiger partial charge is 0.144 e. The first-order valence-electron chi connectivity index (χ1n) is 1.76. The molecule has 0 fully saturated rings. The molecule has 1 atom stereocenters. The first-order chi connectivity index (χ1) is 2.64. The van der Waals surface area contributed by atoms with Gasteiger partial charge in [0, 0.05) is 0 Å². The van der Waals surface area contributed by atoms with E-state index in [0.29, 0.717) is 0 Å². The molecule has 0 N–H and O–H groups in total. The van der Waals surface area contributed by atoms with Gasteiger partial charge in [-0.3, -0.25) is 0 Å². The van der Waals surface area contributed by atoms with Gasteiger partial charge in [0.2, 0.25) is 0 Å². The van der Waals surface area contributed by atoms with E-state index in [2.05, 4.69) is 21.9 Å². The Kier molecular flexibility index (Phi) is 2.88. The van der Waals surface area contributed by atoms with Crippen molar-refractivity contribution in [3.63, 3.8) is 0 Å². The lowest BCUT2D eigenvalue weighted by molar-refractivity contribution is 1.41. The van der Waals surface area contributed by atoms with Gasteiger partial charge in [-0.1, -0.05) is 14.8 Å². The molecule has 36 valence electrons. The fourth-order valence-electron chi connectivity index (χ4n) is 0. The van der Waals surface area contributed by atoms with Crippen LogP contribution >= 0.6 is 21.9 Å². The first-order valence-corrected chi connectivity index (χ1v) is 2.79. The third-order valence-corrected chi connectivity index (χ3v) is 1.54. The van der Waals surface area contributed by atoms with Crippen molar-refractivity contribution in [2.24, 2.45) is 0 Å². The summed E-state index contributed by atoms with van der Waals surface area (Å²) in [4.78, 5) is 0. The predicted octanol–water partition coefficient (Wildman–Crippen LogP) is 2.04. The van der Waals surface area contributed by atoms with Crippen molar-refractivity contribution < 1.29 is 0 Å². The van der Waals surface area contributed by atoms with Crippen LogP contribution in [0.25, 0.3) is 0 Å². The Morgan fingerprint density at radius 3 is 1.67 bits per heavy atom. The van der Waals surface area contributed by atoms with Crippen molar-refractivity contribution in [1.29, 1.82) is 0 Å². The summed E-state index contributed by atoms with van der Waals surface area (Å²) in [5.74, 6) is 0. The minimum atomic E-state index is 1.04. The van der Waals surface area contributed by atoms with Crippen molar-refractivity contribution >= 4 is 21.9 Å². The molecule has 6 heavy (non-hydrogen) atoms. The Morgan fingerprint density at radius 2 is 1.67 bits per heavy atom. The molecule has 1 unspecified atom stereocenters. The maximum absolute atomic E-state index is 4.04. The lowest BCUT2D eigenvalue weighted by Gasteiger charge is -1.86. The number of hydrogen-bond donors (Lipinski definition) is 1. The molecule has 0 bridgehead atoms. The van der Waals surface area contributed by atoms with Crippen LogP contribution in [0.15, 0.2) is 10.2 Å². The second-order valence-corrected chi connectivity index (χ2v) is 2.93. The zero-order valence-corrected chi connectivity index (χ0v) is 6.07. The van der Waals surface area contributed by atoms with Gasteiger partial charge in [0.1, 0.15) is 0 Å². The minimum absolute atomic E-state index is 1.04. The molecule has 0 aromatic carbocycles. The van der Waals surface area contributed by atoms with E-state index < -0.39 is 0 Å². The van der Waals surface area contributed by atoms with Gasteiger partial charge in [0.05, 0.1) is 0 Å². The van der Waals surface area contributed by atoms with Crippen molar-refractivity contribution in [3.8, 4) is 0 Å². The summed E-state index contributed by atoms with van der Waals surface area (Å²) in [5, 5.41) is 0. The van der Waals surface area contributed by atoms with Crippen LogP contribution in [0.5, 0.6) is 0 Å². The van der Waals surface area contributed by atoms with Gasteiger partial charge in [-0.15, -0.1) is 12.6 Å². The SMILES string of the molecule is CC(C)=C(P)S. The van der Waals surface area contributed by atoms with Crippen LogP contribution in [0, 0.1) is 0 Å². The standard InChI is InChI=1S/C4H9PS/c1-3(2)4(5)6/h6H,5H2,1-2H3. The molecule has 0 spiro atoms. The Morgan fingerprint density at radius 1 is 1.50 bits per heavy atom. The molecule has 0 aromatic rings. The highest BCUT2D eigenvalue weighted by Gasteiger charge is 1.76. The molecule has 0 aromatic heterocycles. The highest BCUT2D eigenvalue weighted by molar-refractivity contribution is 7.90. The van der Waals surface area contributed by atoms with E-state index >= 15 is 0 Å². The second kappa shape index (κ2) is 2.65. The average Bonchev–Trinajstić information content (AvgIpc) is 1.36. The molecule has 0 aliphatic rings. The van der Waals surface area contributed by atoms with E-state index in [0.717, 1.165) is 4.65 Å². The highest BCUT2D eigenvalue weighted by atomic mass is 32.1. The number of rotatable bonds is 0. The molecular formula is C4H9PS. The van der Waals surface area contributed by atoms with Gasteiger partial charge in [-0.25, -0.2) is 0 Å². The van der Waals surface area contributed by atoms with Crippen molar-refractivity contribution in [2.45, 2.75) is 13.8 Å². The summed E-state index contributed by atoms with van der Waals surface area (Å²) >= 11 is 4.04. The smallest absolute Gasteiger partial charge is 0.00244 e. The molecule has 0 aliphatic carbocycles. The van der Waals surface area contributed by atoms with Gasteiger partial charge >= 0.3 is 0 Å². The molecule has 0 aliphatic heterocycles. The van der Waals surface area contributed by atoms with Gasteiger partial charge in [-0.2, -0.15) is 0 Å². The highest BCUT2D eigenvalue weighted by Crippen LogP contribution is 2.13. The van der Waals surface area contributed by atoms with E-state index in [4.69, 9.17) is 0 Å². The molecule has 0 saturated heterocycles. The lowest BCUT2D eigenvalue weighted by Crippen LogP contribution is -1.58. The summed E-state index contributed by atoms with van der Waals surface area (Å²) in [6.07, 6.45) is 0. The zero-order chi connectivity index (χ0) is 5.15. The van der Waals surface area contributed by atoms with Crippen molar-refractivity contribution in [3.05, 3.63) is 10.2 Å². The minimum Gasteiger partial charge on any atom is -0.144 e. The summed E-state index contributed by atoms with van der Waals surface area (Å²) in [6.45, 7) is 4.05. The molecular weight excluding hydrogens is 111 g/mol. The van der Waals surface area contributed by atoms with E-state index in [9.17, 15) is 0 Å². The number of allylic oxidation sites excluding steroid dienone is 1. The van der Waals surface area contributed by atoms with Crippen LogP contribution in [-0.2, 0) is 0 Å². The predicted molar refractivity (Wildman–Crippen MR) is 37.1 cm³/mol. The summed E-state index contributed by atoms with van der Waals surface area (Å²) < 4.78 is 1.04. The van der Waals surface area contributed by atoms with Crippen LogP contribution in [0.1, 0.15) is 13.8 Å². The van der Waals surface area contributed by atoms with E-state index in [1.54, 1.807) is 0 Å². The second-order valence-electron chi connectivity index (χ2n) is 1.39. The van der Waals surface area contributed by atoms with Gasteiger partial charge in [-0.05, 0) is 18.5 Å². The van der Waals surface area contributed by atoms with Crippen molar-refractivity contribution in [2.75, 3.05) is 0 Å². The maximum Gasteiger partial charge on any atom is -0.00244 e. The molecule has 0 nitrogen and oxygen atoms in total. The van der Waals surface area contributed by atoms with Crippen LogP contribution in [0.2, 0.25) is 0 Å². The molecule has 0 amide bonds. The maximum atomic E-state index is 4.04. The van der Waals surface area contributed by atoms with Crippen LogP contribution in [0.3, 0.4) is 0 Å². The third-order valence-electron chi connectivity index (χ3n) is 0.512. The normalized spacial score (nSPS) is 8.00. The fraction of sp³-hybridized carbons (Fsp3) is 0.500. The monoisotopic (exact) mass is 120 g/mol. The Balaban J connectivity index is 3.68. The lowest BCUT2D eigenvalue weighted by atomic mass is 10.4. The number of thiol groups is 1. The van der Waals surface area contributed by atoms with Gasteiger partial charge < -0.3 is 0 Å². The topological polar surface area (TPSA) is 0 Å². The Hall–Kier alpha value is 0.520. The summed E-state index contributed by atoms with van der Waals surface area (Å²) in [6, 6.07) is 0. The van der Waals surface area contributed by atoms with Crippen LogP contribution < -0.4 is 0 Å². The van der Waals surface area contributed by atoms with Gasteiger partial charge in [0.15, 0.2) is 0 Å². The van der Waals surface area contributed by atoms with Crippen molar-refractivity contribution in [1.82, 2.24) is 0 Å². The first kappa shape index (κ1) is 6.52. The Bertz CT molecular complexity index is 57.6. The van der Waals surface area contributed by atoms with E-state index in [-0.39, 0.29) is 0 Å². The van der Waals surface area contributed by atoms with E-state index in [1.807, 2.05) is 13.8 Å². The number of hydrogen-bond acceptors (Lipinski definition) is 1. The molecule has 2 heteroatoms. The van der Waals surface area contributed by atoms with Crippen LogP contribution in [-0.4, -0.2) is 0 Å². The molecule has 0 heterocycles. The molecule has 0 rings (SSSR count). The van der Waals surface area contributed by atoms with Gasteiger partial charge in [0.25, 0.3) is 0 Å². The molecule has 0 saturated carbocycles. The summed E-state index contributed by atoms with van der Waals surface area (Å²) in [7, 11) is 2.52. The zero-order valence-electron chi connectivity index (χ0n) is 4.02.